The molecule has 0 saturated heterocycles. The SMILES string of the molecule is CC(C)c1nc2ccc(Cl)cc2c(-c2cccc(CF)c2)c1C(=O)O. The Labute approximate surface area is 150 Å². The van der Waals surface area contributed by atoms with Crippen molar-refractivity contribution in [2.75, 3.05) is 0 Å². The zero-order valence-corrected chi connectivity index (χ0v) is 14.6. The van der Waals surface area contributed by atoms with Gasteiger partial charge < -0.3 is 5.11 Å². The van der Waals surface area contributed by atoms with Gasteiger partial charge >= 0.3 is 5.97 Å². The van der Waals surface area contributed by atoms with Crippen molar-refractivity contribution in [3.63, 3.8) is 0 Å². The maximum Gasteiger partial charge on any atom is 0.338 e. The normalized spacial score (nSPS) is 11.2. The van der Waals surface area contributed by atoms with Gasteiger partial charge in [0.2, 0.25) is 0 Å². The molecule has 0 aliphatic rings. The molecule has 0 aliphatic carbocycles. The Bertz CT molecular complexity index is 969. The van der Waals surface area contributed by atoms with Gasteiger partial charge in [0, 0.05) is 16.0 Å². The summed E-state index contributed by atoms with van der Waals surface area (Å²) in [6, 6.07) is 12.1. The molecule has 128 valence electrons. The summed E-state index contributed by atoms with van der Waals surface area (Å²) < 4.78 is 13.1. The summed E-state index contributed by atoms with van der Waals surface area (Å²) in [5, 5.41) is 11.0. The van der Waals surface area contributed by atoms with E-state index in [4.69, 9.17) is 11.6 Å². The summed E-state index contributed by atoms with van der Waals surface area (Å²) in [7, 11) is 0. The highest BCUT2D eigenvalue weighted by Crippen LogP contribution is 2.37. The van der Waals surface area contributed by atoms with Crippen molar-refractivity contribution in [3.8, 4) is 11.1 Å². The predicted octanol–water partition coefficient (Wildman–Crippen LogP) is 5.85. The van der Waals surface area contributed by atoms with E-state index in [-0.39, 0.29) is 11.5 Å². The Morgan fingerprint density at radius 3 is 2.64 bits per heavy atom. The minimum Gasteiger partial charge on any atom is -0.478 e. The number of rotatable bonds is 4. The molecule has 1 N–H and O–H groups in total. The molecule has 1 aromatic heterocycles. The first-order valence-electron chi connectivity index (χ1n) is 7.94. The number of fused-ring (bicyclic) bond motifs is 1. The molecule has 3 aromatic rings. The van der Waals surface area contributed by atoms with Crippen LogP contribution in [0.4, 0.5) is 4.39 Å². The average Bonchev–Trinajstić information content (AvgIpc) is 2.59. The minimum atomic E-state index is -1.06. The molecular weight excluding hydrogens is 341 g/mol. The topological polar surface area (TPSA) is 50.2 Å². The maximum absolute atomic E-state index is 13.1. The standard InChI is InChI=1S/C20H17ClFNO2/c1-11(2)19-18(20(24)25)17(13-5-3-4-12(8-13)10-22)15-9-14(21)6-7-16(15)23-19/h3-9,11H,10H2,1-2H3,(H,24,25). The van der Waals surface area contributed by atoms with Crippen LogP contribution in [0.2, 0.25) is 5.02 Å². The van der Waals surface area contributed by atoms with Gasteiger partial charge in [-0.05, 0) is 41.3 Å². The minimum absolute atomic E-state index is 0.0747. The Kier molecular flexibility index (Phi) is 4.73. The van der Waals surface area contributed by atoms with Crippen LogP contribution in [0.15, 0.2) is 42.5 Å². The zero-order chi connectivity index (χ0) is 18.1. The second kappa shape index (κ2) is 6.81. The predicted molar refractivity (Wildman–Crippen MR) is 98.0 cm³/mol. The van der Waals surface area contributed by atoms with Gasteiger partial charge in [0.15, 0.2) is 0 Å². The van der Waals surface area contributed by atoms with Crippen LogP contribution >= 0.6 is 11.6 Å². The van der Waals surface area contributed by atoms with Crippen LogP contribution in [0.25, 0.3) is 22.0 Å². The van der Waals surface area contributed by atoms with E-state index in [1.165, 1.54) is 0 Å². The third-order valence-electron chi connectivity index (χ3n) is 4.11. The number of aromatic nitrogens is 1. The average molecular weight is 358 g/mol. The van der Waals surface area contributed by atoms with Crippen molar-refractivity contribution < 1.29 is 14.3 Å². The van der Waals surface area contributed by atoms with Crippen LogP contribution < -0.4 is 0 Å². The van der Waals surface area contributed by atoms with Crippen LogP contribution in [-0.4, -0.2) is 16.1 Å². The molecule has 2 aromatic carbocycles. The Morgan fingerprint density at radius 1 is 1.24 bits per heavy atom. The molecule has 0 amide bonds. The number of aromatic carboxylic acids is 1. The third kappa shape index (κ3) is 3.22. The summed E-state index contributed by atoms with van der Waals surface area (Å²) in [6.45, 7) is 3.19. The van der Waals surface area contributed by atoms with E-state index in [0.29, 0.717) is 38.3 Å². The number of alkyl halides is 1. The first-order chi connectivity index (χ1) is 11.9. The molecule has 0 spiro atoms. The van der Waals surface area contributed by atoms with Crippen molar-refractivity contribution in [1.29, 1.82) is 0 Å². The number of pyridine rings is 1. The Hall–Kier alpha value is -2.46. The van der Waals surface area contributed by atoms with Gasteiger partial charge in [0.05, 0.1) is 16.8 Å². The fourth-order valence-electron chi connectivity index (χ4n) is 3.00. The lowest BCUT2D eigenvalue weighted by molar-refractivity contribution is 0.0695. The monoisotopic (exact) mass is 357 g/mol. The van der Waals surface area contributed by atoms with E-state index >= 15 is 0 Å². The Balaban J connectivity index is 2.49. The maximum atomic E-state index is 13.1. The quantitative estimate of drug-likeness (QED) is 0.637. The second-order valence-corrected chi connectivity index (χ2v) is 6.64. The highest BCUT2D eigenvalue weighted by atomic mass is 35.5. The molecule has 0 unspecified atom stereocenters. The first-order valence-corrected chi connectivity index (χ1v) is 8.32. The van der Waals surface area contributed by atoms with E-state index in [0.717, 1.165) is 0 Å². The van der Waals surface area contributed by atoms with Crippen LogP contribution in [-0.2, 0) is 6.67 Å². The van der Waals surface area contributed by atoms with E-state index < -0.39 is 12.6 Å². The van der Waals surface area contributed by atoms with Crippen molar-refractivity contribution in [2.45, 2.75) is 26.4 Å². The van der Waals surface area contributed by atoms with Crippen molar-refractivity contribution >= 4 is 28.5 Å². The van der Waals surface area contributed by atoms with Gasteiger partial charge in [-0.15, -0.1) is 0 Å². The second-order valence-electron chi connectivity index (χ2n) is 6.20. The largest absolute Gasteiger partial charge is 0.478 e. The lowest BCUT2D eigenvalue weighted by Crippen LogP contribution is -2.10. The molecule has 3 nitrogen and oxygen atoms in total. The number of benzene rings is 2. The van der Waals surface area contributed by atoms with E-state index in [1.54, 1.807) is 42.5 Å². The number of halogens is 2. The van der Waals surface area contributed by atoms with Crippen LogP contribution in [0.3, 0.4) is 0 Å². The highest BCUT2D eigenvalue weighted by Gasteiger charge is 2.23. The first kappa shape index (κ1) is 17.4. The number of nitrogens with zero attached hydrogens (tertiary/aromatic N) is 1. The molecular formula is C20H17ClFNO2. The smallest absolute Gasteiger partial charge is 0.338 e. The zero-order valence-electron chi connectivity index (χ0n) is 13.9. The van der Waals surface area contributed by atoms with Gasteiger partial charge in [-0.1, -0.05) is 43.6 Å². The van der Waals surface area contributed by atoms with Crippen LogP contribution in [0.1, 0.15) is 41.4 Å². The lowest BCUT2D eigenvalue weighted by Gasteiger charge is -2.17. The van der Waals surface area contributed by atoms with Gasteiger partial charge in [0.25, 0.3) is 0 Å². The van der Waals surface area contributed by atoms with Gasteiger partial charge in [0.1, 0.15) is 6.67 Å². The number of hydrogen-bond donors (Lipinski definition) is 1. The number of carboxylic acids is 1. The third-order valence-corrected chi connectivity index (χ3v) is 4.34. The number of carbonyl (C=O) groups is 1. The molecule has 25 heavy (non-hydrogen) atoms. The van der Waals surface area contributed by atoms with Gasteiger partial charge in [-0.2, -0.15) is 0 Å². The molecule has 0 saturated carbocycles. The van der Waals surface area contributed by atoms with Crippen LogP contribution in [0.5, 0.6) is 0 Å². The lowest BCUT2D eigenvalue weighted by atomic mass is 9.90. The molecule has 0 radical (unpaired) electrons. The summed E-state index contributed by atoms with van der Waals surface area (Å²) in [6.07, 6.45) is 0. The van der Waals surface area contributed by atoms with E-state index in [2.05, 4.69) is 4.98 Å². The molecule has 0 aliphatic heterocycles. The number of hydrogen-bond acceptors (Lipinski definition) is 2. The summed E-state index contributed by atoms with van der Waals surface area (Å²) in [5.74, 6) is -1.13. The summed E-state index contributed by atoms with van der Waals surface area (Å²) in [5.41, 5.74) is 2.97. The van der Waals surface area contributed by atoms with Crippen molar-refractivity contribution in [3.05, 3.63) is 64.3 Å². The molecule has 0 bridgehead atoms. The van der Waals surface area contributed by atoms with E-state index in [1.807, 2.05) is 13.8 Å². The van der Waals surface area contributed by atoms with Crippen LogP contribution in [0, 0.1) is 0 Å². The summed E-state index contributed by atoms with van der Waals surface area (Å²) in [4.78, 5) is 16.6. The van der Waals surface area contributed by atoms with Gasteiger partial charge in [-0.3, -0.25) is 4.98 Å². The molecule has 3 rings (SSSR count). The van der Waals surface area contributed by atoms with Gasteiger partial charge in [-0.25, -0.2) is 9.18 Å². The van der Waals surface area contributed by atoms with E-state index in [9.17, 15) is 14.3 Å². The molecule has 1 heterocycles. The fourth-order valence-corrected chi connectivity index (χ4v) is 3.17. The molecule has 0 atom stereocenters. The fraction of sp³-hybridized carbons (Fsp3) is 0.200. The van der Waals surface area contributed by atoms with Crippen molar-refractivity contribution in [2.24, 2.45) is 0 Å². The summed E-state index contributed by atoms with van der Waals surface area (Å²) >= 11 is 6.14. The Morgan fingerprint density at radius 2 is 2.00 bits per heavy atom. The van der Waals surface area contributed by atoms with Crippen molar-refractivity contribution in [1.82, 2.24) is 4.98 Å². The number of carboxylic acid groups (broad SMARTS) is 1. The molecule has 5 heteroatoms. The molecule has 0 fully saturated rings. The highest BCUT2D eigenvalue weighted by molar-refractivity contribution is 6.31.